The molecular formula is C14H12Cl2N2O. The van der Waals surface area contributed by atoms with E-state index in [1.54, 1.807) is 12.5 Å². The van der Waals surface area contributed by atoms with E-state index in [0.717, 1.165) is 22.4 Å². The van der Waals surface area contributed by atoms with Crippen molar-refractivity contribution in [3.63, 3.8) is 0 Å². The first kappa shape index (κ1) is 12.6. The van der Waals surface area contributed by atoms with Gasteiger partial charge in [0.15, 0.2) is 0 Å². The number of alkyl halides is 1. The lowest BCUT2D eigenvalue weighted by Crippen LogP contribution is -2.05. The highest BCUT2D eigenvalue weighted by Crippen LogP contribution is 2.29. The first-order valence-electron chi connectivity index (χ1n) is 5.96. The molecule has 1 atom stereocenters. The largest absolute Gasteiger partial charge is 0.472 e. The quantitative estimate of drug-likeness (QED) is 0.659. The van der Waals surface area contributed by atoms with Crippen LogP contribution >= 0.6 is 23.2 Å². The van der Waals surface area contributed by atoms with E-state index in [1.165, 1.54) is 0 Å². The van der Waals surface area contributed by atoms with Gasteiger partial charge in [-0.3, -0.25) is 0 Å². The molecule has 98 valence electrons. The second kappa shape index (κ2) is 4.91. The minimum Gasteiger partial charge on any atom is -0.472 e. The van der Waals surface area contributed by atoms with Crippen molar-refractivity contribution >= 4 is 34.2 Å². The summed E-state index contributed by atoms with van der Waals surface area (Å²) in [5.41, 5.74) is 2.82. The van der Waals surface area contributed by atoms with E-state index >= 15 is 0 Å². The van der Waals surface area contributed by atoms with Gasteiger partial charge < -0.3 is 8.98 Å². The fourth-order valence-corrected chi connectivity index (χ4v) is 2.63. The van der Waals surface area contributed by atoms with Crippen LogP contribution in [0.5, 0.6) is 0 Å². The average Bonchev–Trinajstić information content (AvgIpc) is 2.98. The molecule has 0 saturated heterocycles. The Balaban J connectivity index is 2.21. The Morgan fingerprint density at radius 2 is 2.21 bits per heavy atom. The summed E-state index contributed by atoms with van der Waals surface area (Å²) in [6, 6.07) is 7.61. The standard InChI is InChI=1S/C14H12Cl2N2O/c1-9(15)14-17-12-4-2-3-11(16)13(12)18(14)7-10-5-6-19-8-10/h2-6,8-9H,7H2,1H3. The predicted molar refractivity (Wildman–Crippen MR) is 76.8 cm³/mol. The van der Waals surface area contributed by atoms with Crippen molar-refractivity contribution in [3.8, 4) is 0 Å². The number of furan rings is 1. The van der Waals surface area contributed by atoms with E-state index in [9.17, 15) is 0 Å². The van der Waals surface area contributed by atoms with Crippen molar-refractivity contribution in [1.29, 1.82) is 0 Å². The molecule has 0 spiro atoms. The molecule has 19 heavy (non-hydrogen) atoms. The molecule has 0 saturated carbocycles. The minimum absolute atomic E-state index is 0.185. The molecule has 0 bridgehead atoms. The Bertz CT molecular complexity index is 702. The van der Waals surface area contributed by atoms with Gasteiger partial charge in [-0.1, -0.05) is 17.7 Å². The summed E-state index contributed by atoms with van der Waals surface area (Å²) < 4.78 is 7.15. The monoisotopic (exact) mass is 294 g/mol. The topological polar surface area (TPSA) is 31.0 Å². The Kier molecular flexibility index (Phi) is 3.25. The maximum Gasteiger partial charge on any atom is 0.128 e. The SMILES string of the molecule is CC(Cl)c1nc2cccc(Cl)c2n1Cc1ccoc1. The molecule has 3 rings (SSSR count). The molecule has 3 nitrogen and oxygen atoms in total. The van der Waals surface area contributed by atoms with E-state index < -0.39 is 0 Å². The van der Waals surface area contributed by atoms with Crippen LogP contribution in [-0.4, -0.2) is 9.55 Å². The van der Waals surface area contributed by atoms with Gasteiger partial charge in [-0.15, -0.1) is 11.6 Å². The second-order valence-corrected chi connectivity index (χ2v) is 5.47. The predicted octanol–water partition coefficient (Wildman–Crippen LogP) is 4.63. The zero-order valence-corrected chi connectivity index (χ0v) is 11.8. The Morgan fingerprint density at radius 3 is 2.89 bits per heavy atom. The first-order chi connectivity index (χ1) is 9.16. The summed E-state index contributed by atoms with van der Waals surface area (Å²) in [4.78, 5) is 4.57. The molecule has 2 aromatic heterocycles. The highest BCUT2D eigenvalue weighted by atomic mass is 35.5. The summed E-state index contributed by atoms with van der Waals surface area (Å²) in [6.45, 7) is 2.55. The number of para-hydroxylation sites is 1. The molecule has 0 radical (unpaired) electrons. The van der Waals surface area contributed by atoms with Crippen molar-refractivity contribution in [2.45, 2.75) is 18.8 Å². The fraction of sp³-hybridized carbons (Fsp3) is 0.214. The van der Waals surface area contributed by atoms with Crippen LogP contribution in [0.2, 0.25) is 5.02 Å². The normalized spacial score (nSPS) is 13.0. The molecule has 0 aliphatic heterocycles. The van der Waals surface area contributed by atoms with E-state index in [2.05, 4.69) is 4.98 Å². The summed E-state index contributed by atoms with van der Waals surface area (Å²) >= 11 is 12.5. The van der Waals surface area contributed by atoms with Crippen LogP contribution in [0, 0.1) is 0 Å². The average molecular weight is 295 g/mol. The number of imidazole rings is 1. The molecule has 3 aromatic rings. The van der Waals surface area contributed by atoms with Crippen LogP contribution in [0.1, 0.15) is 23.7 Å². The lowest BCUT2D eigenvalue weighted by atomic mass is 10.3. The molecule has 0 aliphatic rings. The van der Waals surface area contributed by atoms with Gasteiger partial charge in [-0.25, -0.2) is 4.98 Å². The van der Waals surface area contributed by atoms with Gasteiger partial charge >= 0.3 is 0 Å². The number of hydrogen-bond acceptors (Lipinski definition) is 2. The first-order valence-corrected chi connectivity index (χ1v) is 6.78. The number of rotatable bonds is 3. The Morgan fingerprint density at radius 1 is 1.37 bits per heavy atom. The summed E-state index contributed by atoms with van der Waals surface area (Å²) in [5.74, 6) is 0.811. The minimum atomic E-state index is -0.185. The summed E-state index contributed by atoms with van der Waals surface area (Å²) in [7, 11) is 0. The second-order valence-electron chi connectivity index (χ2n) is 4.41. The van der Waals surface area contributed by atoms with Crippen LogP contribution in [0.15, 0.2) is 41.2 Å². The number of halogens is 2. The highest BCUT2D eigenvalue weighted by molar-refractivity contribution is 6.35. The molecule has 2 heterocycles. The van der Waals surface area contributed by atoms with Gasteiger partial charge in [0.05, 0.1) is 40.5 Å². The van der Waals surface area contributed by atoms with Gasteiger partial charge in [-0.2, -0.15) is 0 Å². The Hall–Kier alpha value is -1.45. The molecule has 1 aromatic carbocycles. The maximum absolute atomic E-state index is 6.29. The van der Waals surface area contributed by atoms with Crippen molar-refractivity contribution in [3.05, 3.63) is 53.2 Å². The number of hydrogen-bond donors (Lipinski definition) is 0. The molecule has 0 aliphatic carbocycles. The van der Waals surface area contributed by atoms with Crippen LogP contribution in [0.25, 0.3) is 11.0 Å². The van der Waals surface area contributed by atoms with Crippen LogP contribution in [0.3, 0.4) is 0 Å². The van der Waals surface area contributed by atoms with Gasteiger partial charge in [0.25, 0.3) is 0 Å². The molecule has 0 fully saturated rings. The van der Waals surface area contributed by atoms with Gasteiger partial charge in [0.1, 0.15) is 5.82 Å². The molecule has 0 N–H and O–H groups in total. The number of benzene rings is 1. The summed E-state index contributed by atoms with van der Waals surface area (Å²) in [5, 5.41) is 0.493. The van der Waals surface area contributed by atoms with Gasteiger partial charge in [-0.05, 0) is 25.1 Å². The van der Waals surface area contributed by atoms with Gasteiger partial charge in [0.2, 0.25) is 0 Å². The number of fused-ring (bicyclic) bond motifs is 1. The molecule has 0 amide bonds. The zero-order chi connectivity index (χ0) is 13.4. The molecule has 5 heteroatoms. The van der Waals surface area contributed by atoms with Crippen molar-refractivity contribution in [2.75, 3.05) is 0 Å². The lowest BCUT2D eigenvalue weighted by molar-refractivity contribution is 0.562. The smallest absolute Gasteiger partial charge is 0.128 e. The van der Waals surface area contributed by atoms with E-state index in [-0.39, 0.29) is 5.38 Å². The van der Waals surface area contributed by atoms with Crippen molar-refractivity contribution in [2.24, 2.45) is 0 Å². The number of nitrogens with zero attached hydrogens (tertiary/aromatic N) is 2. The maximum atomic E-state index is 6.29. The zero-order valence-electron chi connectivity index (χ0n) is 10.3. The van der Waals surface area contributed by atoms with Crippen LogP contribution in [-0.2, 0) is 6.54 Å². The van der Waals surface area contributed by atoms with E-state index in [1.807, 2.05) is 35.8 Å². The molecular weight excluding hydrogens is 283 g/mol. The number of aromatic nitrogens is 2. The van der Waals surface area contributed by atoms with Gasteiger partial charge in [0, 0.05) is 5.56 Å². The highest BCUT2D eigenvalue weighted by Gasteiger charge is 2.17. The van der Waals surface area contributed by atoms with Crippen molar-refractivity contribution in [1.82, 2.24) is 9.55 Å². The third-order valence-electron chi connectivity index (χ3n) is 3.02. The van der Waals surface area contributed by atoms with E-state index in [4.69, 9.17) is 27.6 Å². The summed E-state index contributed by atoms with van der Waals surface area (Å²) in [6.07, 6.45) is 3.37. The van der Waals surface area contributed by atoms with Crippen molar-refractivity contribution < 1.29 is 4.42 Å². The lowest BCUT2D eigenvalue weighted by Gasteiger charge is -2.09. The Labute approximate surface area is 120 Å². The molecule has 1 unspecified atom stereocenters. The van der Waals surface area contributed by atoms with E-state index in [0.29, 0.717) is 11.6 Å². The van der Waals surface area contributed by atoms with Crippen LogP contribution in [0.4, 0.5) is 0 Å². The van der Waals surface area contributed by atoms with Crippen LogP contribution < -0.4 is 0 Å². The fourth-order valence-electron chi connectivity index (χ4n) is 2.19. The third-order valence-corrected chi connectivity index (χ3v) is 3.52. The third kappa shape index (κ3) is 2.24.